The fourth-order valence-corrected chi connectivity index (χ4v) is 5.94. The van der Waals surface area contributed by atoms with Crippen molar-refractivity contribution in [2.45, 2.75) is 30.6 Å². The summed E-state index contributed by atoms with van der Waals surface area (Å²) in [4.78, 5) is 17.0. The molecule has 0 unspecified atom stereocenters. The van der Waals surface area contributed by atoms with Gasteiger partial charge in [0.1, 0.15) is 10.6 Å². The van der Waals surface area contributed by atoms with Crippen LogP contribution in [0, 0.1) is 0 Å². The minimum atomic E-state index is -3.96. The number of benzene rings is 1. The molecule has 0 saturated carbocycles. The highest BCUT2D eigenvalue weighted by Crippen LogP contribution is 2.30. The maximum absolute atomic E-state index is 13.6. The number of piperidine rings is 1. The molecule has 0 bridgehead atoms. The number of likely N-dealkylation sites (tertiary alicyclic amines) is 1. The van der Waals surface area contributed by atoms with Gasteiger partial charge in [-0.3, -0.25) is 4.79 Å². The van der Waals surface area contributed by atoms with E-state index in [4.69, 9.17) is 16.3 Å². The second-order valence-corrected chi connectivity index (χ2v) is 10.4. The fourth-order valence-electron chi connectivity index (χ4n) is 4.09. The summed E-state index contributed by atoms with van der Waals surface area (Å²) >= 11 is 6.09. The monoisotopic (exact) mass is 472 g/mol. The first-order chi connectivity index (χ1) is 14.9. The lowest BCUT2D eigenvalue weighted by Crippen LogP contribution is -2.50. The number of nitrogens with zero attached hydrogens (tertiary/aromatic N) is 3. The molecule has 8 nitrogen and oxygen atoms in total. The van der Waals surface area contributed by atoms with Gasteiger partial charge in [0, 0.05) is 37.7 Å². The van der Waals surface area contributed by atoms with Gasteiger partial charge in [-0.1, -0.05) is 18.0 Å². The van der Waals surface area contributed by atoms with Gasteiger partial charge in [0.15, 0.2) is 0 Å². The SMILES string of the molecule is COc1ccc(Cl)cc1S(=O)(=O)N(CCCN1CCCCC1)CC(=O)N1CCNCC1. The normalized spacial score (nSPS) is 18.4. The number of methoxy groups -OCH3 is 1. The molecule has 2 heterocycles. The summed E-state index contributed by atoms with van der Waals surface area (Å²) in [7, 11) is -2.54. The molecule has 2 aliphatic heterocycles. The molecule has 174 valence electrons. The molecule has 1 aromatic rings. The topological polar surface area (TPSA) is 82.2 Å². The number of piperazine rings is 1. The third-order valence-corrected chi connectivity index (χ3v) is 7.96. The molecule has 31 heavy (non-hydrogen) atoms. The summed E-state index contributed by atoms with van der Waals surface area (Å²) in [6.07, 6.45) is 4.29. The molecule has 0 radical (unpaired) electrons. The molecule has 3 rings (SSSR count). The Labute approximate surface area is 190 Å². The number of hydrogen-bond donors (Lipinski definition) is 1. The van der Waals surface area contributed by atoms with E-state index in [0.29, 0.717) is 24.5 Å². The lowest BCUT2D eigenvalue weighted by molar-refractivity contribution is -0.132. The Hall–Kier alpha value is -1.39. The van der Waals surface area contributed by atoms with Crippen molar-refractivity contribution < 1.29 is 17.9 Å². The quantitative estimate of drug-likeness (QED) is 0.588. The Morgan fingerprint density at radius 2 is 1.87 bits per heavy atom. The van der Waals surface area contributed by atoms with Gasteiger partial charge in [0.2, 0.25) is 15.9 Å². The standard InChI is InChI=1S/C21H33ClN4O4S/c1-30-19-7-6-18(22)16-20(19)31(28,29)26(13-5-12-24-10-3-2-4-11-24)17-21(27)25-14-8-23-9-15-25/h6-7,16,23H,2-5,8-15,17H2,1H3. The van der Waals surface area contributed by atoms with Crippen LogP contribution in [0.4, 0.5) is 0 Å². The van der Waals surface area contributed by atoms with Gasteiger partial charge >= 0.3 is 0 Å². The Kier molecular flexibility index (Phi) is 8.97. The summed E-state index contributed by atoms with van der Waals surface area (Å²) in [5.41, 5.74) is 0. The van der Waals surface area contributed by atoms with Crippen LogP contribution in [0.25, 0.3) is 0 Å². The maximum Gasteiger partial charge on any atom is 0.247 e. The van der Waals surface area contributed by atoms with Crippen molar-refractivity contribution in [2.24, 2.45) is 0 Å². The van der Waals surface area contributed by atoms with Gasteiger partial charge in [-0.25, -0.2) is 8.42 Å². The van der Waals surface area contributed by atoms with Crippen LogP contribution in [0.3, 0.4) is 0 Å². The number of carbonyl (C=O) groups excluding carboxylic acids is 1. The lowest BCUT2D eigenvalue weighted by atomic mass is 10.1. The predicted molar refractivity (Wildman–Crippen MR) is 121 cm³/mol. The van der Waals surface area contributed by atoms with E-state index >= 15 is 0 Å². The number of amides is 1. The van der Waals surface area contributed by atoms with E-state index in [2.05, 4.69) is 10.2 Å². The molecule has 0 spiro atoms. The van der Waals surface area contributed by atoms with E-state index in [1.54, 1.807) is 17.0 Å². The van der Waals surface area contributed by atoms with Crippen LogP contribution in [0.15, 0.2) is 23.1 Å². The number of halogens is 1. The smallest absolute Gasteiger partial charge is 0.247 e. The minimum absolute atomic E-state index is 0.00594. The van der Waals surface area contributed by atoms with E-state index < -0.39 is 10.0 Å². The van der Waals surface area contributed by atoms with Crippen LogP contribution < -0.4 is 10.1 Å². The predicted octanol–water partition coefficient (Wildman–Crippen LogP) is 1.65. The molecule has 0 aromatic heterocycles. The summed E-state index contributed by atoms with van der Waals surface area (Å²) in [5.74, 6) is 0.0455. The molecular weight excluding hydrogens is 440 g/mol. The van der Waals surface area contributed by atoms with E-state index in [0.717, 1.165) is 32.7 Å². The van der Waals surface area contributed by atoms with Crippen molar-refractivity contribution in [3.63, 3.8) is 0 Å². The minimum Gasteiger partial charge on any atom is -0.495 e. The van der Waals surface area contributed by atoms with Crippen LogP contribution in [-0.2, 0) is 14.8 Å². The average molecular weight is 473 g/mol. The van der Waals surface area contributed by atoms with Gasteiger partial charge < -0.3 is 19.9 Å². The third-order valence-electron chi connectivity index (χ3n) is 5.86. The van der Waals surface area contributed by atoms with Crippen molar-refractivity contribution >= 4 is 27.5 Å². The molecule has 0 aliphatic carbocycles. The van der Waals surface area contributed by atoms with Gasteiger partial charge in [-0.05, 0) is 57.1 Å². The van der Waals surface area contributed by atoms with Crippen molar-refractivity contribution in [1.82, 2.24) is 19.4 Å². The van der Waals surface area contributed by atoms with Crippen LogP contribution in [0.1, 0.15) is 25.7 Å². The number of sulfonamides is 1. The number of nitrogens with one attached hydrogen (secondary N) is 1. The molecule has 2 saturated heterocycles. The first-order valence-corrected chi connectivity index (χ1v) is 12.8. The van der Waals surface area contributed by atoms with E-state index in [1.165, 1.54) is 36.7 Å². The highest BCUT2D eigenvalue weighted by molar-refractivity contribution is 7.89. The number of hydrogen-bond acceptors (Lipinski definition) is 6. The van der Waals surface area contributed by atoms with E-state index in [1.807, 2.05) is 0 Å². The van der Waals surface area contributed by atoms with Crippen LogP contribution in [-0.4, -0.2) is 94.4 Å². The van der Waals surface area contributed by atoms with Crippen LogP contribution >= 0.6 is 11.6 Å². The maximum atomic E-state index is 13.6. The highest BCUT2D eigenvalue weighted by atomic mass is 35.5. The molecule has 1 amide bonds. The Balaban J connectivity index is 1.77. The van der Waals surface area contributed by atoms with Crippen LogP contribution in [0.5, 0.6) is 5.75 Å². The van der Waals surface area contributed by atoms with Crippen molar-refractivity contribution in [2.75, 3.05) is 66.0 Å². The molecule has 2 fully saturated rings. The van der Waals surface area contributed by atoms with E-state index in [-0.39, 0.29) is 29.6 Å². The Morgan fingerprint density at radius 3 is 2.55 bits per heavy atom. The van der Waals surface area contributed by atoms with Gasteiger partial charge in [0.05, 0.1) is 13.7 Å². The first kappa shape index (κ1) is 24.3. The number of carbonyl (C=O) groups is 1. The van der Waals surface area contributed by atoms with Crippen molar-refractivity contribution in [1.29, 1.82) is 0 Å². The summed E-state index contributed by atoms with van der Waals surface area (Å²) in [5, 5.41) is 3.52. The molecule has 1 aromatic carbocycles. The largest absolute Gasteiger partial charge is 0.495 e. The zero-order valence-corrected chi connectivity index (χ0v) is 19.8. The highest BCUT2D eigenvalue weighted by Gasteiger charge is 2.31. The first-order valence-electron chi connectivity index (χ1n) is 11.0. The summed E-state index contributed by atoms with van der Waals surface area (Å²) in [6.45, 7) is 5.61. The molecule has 1 N–H and O–H groups in total. The Morgan fingerprint density at radius 1 is 1.16 bits per heavy atom. The number of ether oxygens (including phenoxy) is 1. The average Bonchev–Trinajstić information content (AvgIpc) is 2.79. The van der Waals surface area contributed by atoms with Gasteiger partial charge in [-0.2, -0.15) is 4.31 Å². The molecule has 2 aliphatic rings. The second kappa shape index (κ2) is 11.5. The summed E-state index contributed by atoms with van der Waals surface area (Å²) in [6, 6.07) is 4.52. The second-order valence-electron chi connectivity index (χ2n) is 8.02. The van der Waals surface area contributed by atoms with Crippen LogP contribution in [0.2, 0.25) is 5.02 Å². The molecule has 0 atom stereocenters. The van der Waals surface area contributed by atoms with E-state index in [9.17, 15) is 13.2 Å². The molecule has 10 heteroatoms. The fraction of sp³-hybridized carbons (Fsp3) is 0.667. The van der Waals surface area contributed by atoms with Crippen molar-refractivity contribution in [3.8, 4) is 5.75 Å². The lowest BCUT2D eigenvalue weighted by Gasteiger charge is -2.31. The zero-order chi connectivity index (χ0) is 22.3. The Bertz CT molecular complexity index is 840. The van der Waals surface area contributed by atoms with Crippen molar-refractivity contribution in [3.05, 3.63) is 23.2 Å². The summed E-state index contributed by atoms with van der Waals surface area (Å²) < 4.78 is 33.7. The zero-order valence-electron chi connectivity index (χ0n) is 18.2. The third kappa shape index (κ3) is 6.55. The molecular formula is C21H33ClN4O4S. The van der Waals surface area contributed by atoms with Gasteiger partial charge in [0.25, 0.3) is 0 Å². The van der Waals surface area contributed by atoms with Gasteiger partial charge in [-0.15, -0.1) is 0 Å². The number of rotatable bonds is 9.